The lowest BCUT2D eigenvalue weighted by Crippen LogP contribution is -2.38. The summed E-state index contributed by atoms with van der Waals surface area (Å²) in [7, 11) is 0. The molecular formula is C20H17NO3. The summed E-state index contributed by atoms with van der Waals surface area (Å²) in [6, 6.07) is 19.7. The van der Waals surface area contributed by atoms with E-state index in [0.717, 1.165) is 11.1 Å². The van der Waals surface area contributed by atoms with Crippen molar-refractivity contribution in [2.45, 2.75) is 18.6 Å². The second-order valence-electron chi connectivity index (χ2n) is 6.22. The molecule has 0 spiro atoms. The number of amides is 2. The molecule has 0 radical (unpaired) electrons. The third-order valence-electron chi connectivity index (χ3n) is 4.64. The van der Waals surface area contributed by atoms with E-state index in [1.165, 1.54) is 11.0 Å². The van der Waals surface area contributed by atoms with E-state index in [4.69, 9.17) is 4.74 Å². The van der Waals surface area contributed by atoms with Crippen molar-refractivity contribution in [1.82, 2.24) is 4.90 Å². The molecule has 0 saturated carbocycles. The van der Waals surface area contributed by atoms with Gasteiger partial charge in [-0.15, -0.1) is 0 Å². The van der Waals surface area contributed by atoms with Gasteiger partial charge in [-0.3, -0.25) is 14.5 Å². The molecule has 2 amide bonds. The molecule has 0 N–H and O–H groups in total. The van der Waals surface area contributed by atoms with E-state index in [9.17, 15) is 9.59 Å². The van der Waals surface area contributed by atoms with Crippen LogP contribution in [0.5, 0.6) is 0 Å². The van der Waals surface area contributed by atoms with Gasteiger partial charge < -0.3 is 4.74 Å². The summed E-state index contributed by atoms with van der Waals surface area (Å²) < 4.78 is 6.10. The maximum absolute atomic E-state index is 12.3. The summed E-state index contributed by atoms with van der Waals surface area (Å²) >= 11 is 0. The average Bonchev–Trinajstić information content (AvgIpc) is 3.30. The van der Waals surface area contributed by atoms with E-state index in [-0.39, 0.29) is 24.5 Å². The zero-order valence-electron chi connectivity index (χ0n) is 13.3. The van der Waals surface area contributed by atoms with Crippen molar-refractivity contribution in [3.8, 4) is 0 Å². The summed E-state index contributed by atoms with van der Waals surface area (Å²) in [5.41, 5.74) is 1.82. The van der Waals surface area contributed by atoms with Crippen LogP contribution in [0.2, 0.25) is 0 Å². The Morgan fingerprint density at radius 1 is 1.00 bits per heavy atom. The van der Waals surface area contributed by atoms with Crippen molar-refractivity contribution in [1.29, 1.82) is 0 Å². The van der Waals surface area contributed by atoms with Gasteiger partial charge in [0.2, 0.25) is 0 Å². The summed E-state index contributed by atoms with van der Waals surface area (Å²) in [5.74, 6) is -0.507. The summed E-state index contributed by atoms with van der Waals surface area (Å²) in [4.78, 5) is 25.7. The van der Waals surface area contributed by atoms with Crippen molar-refractivity contribution in [3.63, 3.8) is 0 Å². The number of imide groups is 1. The Morgan fingerprint density at radius 3 is 2.21 bits per heavy atom. The standard InChI is InChI=1S/C20H17NO3/c1-14-12-17(22)21(19(14)23)13-20(16-10-6-3-7-11-16)18(24-20)15-8-4-2-5-9-15/h2-12,18H,13H2,1H3. The van der Waals surface area contributed by atoms with Crippen molar-refractivity contribution in [2.75, 3.05) is 6.54 Å². The minimum atomic E-state index is -0.674. The lowest BCUT2D eigenvalue weighted by atomic mass is 9.91. The number of benzene rings is 2. The Hall–Kier alpha value is -2.72. The molecular weight excluding hydrogens is 302 g/mol. The van der Waals surface area contributed by atoms with Crippen LogP contribution in [0.15, 0.2) is 72.3 Å². The van der Waals surface area contributed by atoms with Crippen LogP contribution in [0, 0.1) is 0 Å². The van der Waals surface area contributed by atoms with Gasteiger partial charge in [-0.2, -0.15) is 0 Å². The van der Waals surface area contributed by atoms with Gasteiger partial charge in [0, 0.05) is 11.6 Å². The van der Waals surface area contributed by atoms with E-state index >= 15 is 0 Å². The molecule has 2 atom stereocenters. The minimum Gasteiger partial charge on any atom is -0.354 e. The highest BCUT2D eigenvalue weighted by atomic mass is 16.6. The molecule has 2 aromatic rings. The topological polar surface area (TPSA) is 49.9 Å². The summed E-state index contributed by atoms with van der Waals surface area (Å²) in [6.07, 6.45) is 1.23. The molecule has 2 heterocycles. The minimum absolute atomic E-state index is 0.164. The molecule has 0 aliphatic carbocycles. The third kappa shape index (κ3) is 2.27. The number of nitrogens with zero attached hydrogens (tertiary/aromatic N) is 1. The van der Waals surface area contributed by atoms with Crippen LogP contribution < -0.4 is 0 Å². The first-order valence-electron chi connectivity index (χ1n) is 7.94. The third-order valence-corrected chi connectivity index (χ3v) is 4.64. The van der Waals surface area contributed by atoms with Crippen LogP contribution in [0.1, 0.15) is 24.2 Å². The van der Waals surface area contributed by atoms with Gasteiger partial charge >= 0.3 is 0 Å². The fraction of sp³-hybridized carbons (Fsp3) is 0.200. The van der Waals surface area contributed by atoms with Crippen LogP contribution in [0.4, 0.5) is 0 Å². The van der Waals surface area contributed by atoms with Crippen molar-refractivity contribution >= 4 is 11.8 Å². The van der Waals surface area contributed by atoms with E-state index in [0.29, 0.717) is 5.57 Å². The molecule has 4 heteroatoms. The van der Waals surface area contributed by atoms with Gasteiger partial charge in [0.25, 0.3) is 11.8 Å². The largest absolute Gasteiger partial charge is 0.354 e. The lowest BCUT2D eigenvalue weighted by Gasteiger charge is -2.21. The fourth-order valence-electron chi connectivity index (χ4n) is 3.31. The highest BCUT2D eigenvalue weighted by Crippen LogP contribution is 2.57. The number of epoxide rings is 1. The Balaban J connectivity index is 1.69. The number of hydrogen-bond acceptors (Lipinski definition) is 3. The molecule has 2 unspecified atom stereocenters. The molecule has 2 aliphatic heterocycles. The monoisotopic (exact) mass is 319 g/mol. The molecule has 1 fully saturated rings. The number of hydrogen-bond donors (Lipinski definition) is 0. The average molecular weight is 319 g/mol. The second-order valence-corrected chi connectivity index (χ2v) is 6.22. The molecule has 0 aromatic heterocycles. The second kappa shape index (κ2) is 5.42. The van der Waals surface area contributed by atoms with E-state index in [1.54, 1.807) is 6.92 Å². The quantitative estimate of drug-likeness (QED) is 0.643. The summed E-state index contributed by atoms with van der Waals surface area (Å²) in [5, 5.41) is 0. The predicted octanol–water partition coefficient (Wildman–Crippen LogP) is 2.97. The number of ether oxygens (including phenoxy) is 1. The number of carbonyl (C=O) groups is 2. The van der Waals surface area contributed by atoms with Crippen LogP contribution in [0.25, 0.3) is 0 Å². The Morgan fingerprint density at radius 2 is 1.62 bits per heavy atom. The van der Waals surface area contributed by atoms with Crippen molar-refractivity contribution < 1.29 is 14.3 Å². The Kier molecular flexibility index (Phi) is 3.36. The van der Waals surface area contributed by atoms with Gasteiger partial charge in [0.05, 0.1) is 6.54 Å². The van der Waals surface area contributed by atoms with Gasteiger partial charge in [-0.05, 0) is 18.1 Å². The van der Waals surface area contributed by atoms with E-state index in [1.807, 2.05) is 60.7 Å². The van der Waals surface area contributed by atoms with Gasteiger partial charge in [-0.1, -0.05) is 60.7 Å². The normalized spacial score (nSPS) is 25.8. The molecule has 2 aliphatic rings. The van der Waals surface area contributed by atoms with Crippen LogP contribution in [0.3, 0.4) is 0 Å². The molecule has 4 rings (SSSR count). The molecule has 0 bridgehead atoms. The smallest absolute Gasteiger partial charge is 0.256 e. The molecule has 24 heavy (non-hydrogen) atoms. The van der Waals surface area contributed by atoms with Crippen molar-refractivity contribution in [3.05, 3.63) is 83.4 Å². The number of rotatable bonds is 4. The zero-order chi connectivity index (χ0) is 16.7. The maximum Gasteiger partial charge on any atom is 0.256 e. The SMILES string of the molecule is CC1=CC(=O)N(CC2(c3ccccc3)OC2c2ccccc2)C1=O. The van der Waals surface area contributed by atoms with E-state index in [2.05, 4.69) is 0 Å². The lowest BCUT2D eigenvalue weighted by molar-refractivity contribution is -0.138. The number of carbonyl (C=O) groups excluding carboxylic acids is 2. The van der Waals surface area contributed by atoms with Crippen LogP contribution in [-0.2, 0) is 19.9 Å². The fourth-order valence-corrected chi connectivity index (χ4v) is 3.31. The zero-order valence-corrected chi connectivity index (χ0v) is 13.3. The molecule has 1 saturated heterocycles. The Bertz CT molecular complexity index is 828. The first-order chi connectivity index (χ1) is 11.6. The summed E-state index contributed by atoms with van der Waals surface area (Å²) in [6.45, 7) is 1.89. The molecule has 120 valence electrons. The molecule has 2 aromatic carbocycles. The van der Waals surface area contributed by atoms with Gasteiger partial charge in [0.1, 0.15) is 11.7 Å². The highest BCUT2D eigenvalue weighted by molar-refractivity contribution is 6.15. The van der Waals surface area contributed by atoms with Crippen LogP contribution >= 0.6 is 0 Å². The molecule has 4 nitrogen and oxygen atoms in total. The van der Waals surface area contributed by atoms with Crippen LogP contribution in [-0.4, -0.2) is 23.3 Å². The highest BCUT2D eigenvalue weighted by Gasteiger charge is 2.60. The predicted molar refractivity (Wildman–Crippen MR) is 88.9 cm³/mol. The maximum atomic E-state index is 12.3. The van der Waals surface area contributed by atoms with Gasteiger partial charge in [0.15, 0.2) is 0 Å². The van der Waals surface area contributed by atoms with E-state index < -0.39 is 5.60 Å². The van der Waals surface area contributed by atoms with Crippen molar-refractivity contribution in [2.24, 2.45) is 0 Å². The Labute approximate surface area is 140 Å². The first kappa shape index (κ1) is 14.8. The first-order valence-corrected chi connectivity index (χ1v) is 7.94. The van der Waals surface area contributed by atoms with Gasteiger partial charge in [-0.25, -0.2) is 0 Å².